The normalized spacial score (nSPS) is 15.9. The van der Waals surface area contributed by atoms with E-state index in [0.717, 1.165) is 31.7 Å². The second kappa shape index (κ2) is 8.51. The Morgan fingerprint density at radius 1 is 1.35 bits per heavy atom. The van der Waals surface area contributed by atoms with Gasteiger partial charge >= 0.3 is 0 Å². The van der Waals surface area contributed by atoms with Gasteiger partial charge in [0, 0.05) is 38.3 Å². The molecule has 1 N–H and O–H groups in total. The molecular formula is C17H22FN3O2. The summed E-state index contributed by atoms with van der Waals surface area (Å²) in [5.74, 6) is 2.77. The predicted octanol–water partition coefficient (Wildman–Crippen LogP) is 0.701. The van der Waals surface area contributed by atoms with Crippen molar-refractivity contribution in [2.75, 3.05) is 46.4 Å². The summed E-state index contributed by atoms with van der Waals surface area (Å²) >= 11 is 0. The van der Waals surface area contributed by atoms with E-state index < -0.39 is 0 Å². The summed E-state index contributed by atoms with van der Waals surface area (Å²) < 4.78 is 18.7. The van der Waals surface area contributed by atoms with E-state index in [4.69, 9.17) is 11.2 Å². The average Bonchev–Trinajstić information content (AvgIpc) is 2.55. The Hall–Kier alpha value is -2.10. The summed E-state index contributed by atoms with van der Waals surface area (Å²) in [7, 11) is 1.59. The zero-order valence-corrected chi connectivity index (χ0v) is 13.3. The highest BCUT2D eigenvalue weighted by molar-refractivity contribution is 5.78. The molecular weight excluding hydrogens is 297 g/mol. The Labute approximate surface area is 136 Å². The number of hydrogen-bond donors (Lipinski definition) is 1. The van der Waals surface area contributed by atoms with Crippen LogP contribution in [0.2, 0.25) is 0 Å². The topological polar surface area (TPSA) is 44.8 Å². The van der Waals surface area contributed by atoms with Gasteiger partial charge in [-0.2, -0.15) is 0 Å². The number of carbonyl (C=O) groups is 1. The molecule has 0 aliphatic carbocycles. The fourth-order valence-electron chi connectivity index (χ4n) is 2.63. The molecule has 1 aromatic rings. The van der Waals surface area contributed by atoms with Crippen molar-refractivity contribution in [1.29, 1.82) is 0 Å². The monoisotopic (exact) mass is 319 g/mol. The predicted molar refractivity (Wildman–Crippen MR) is 86.5 cm³/mol. The van der Waals surface area contributed by atoms with Crippen molar-refractivity contribution in [3.63, 3.8) is 0 Å². The van der Waals surface area contributed by atoms with Crippen molar-refractivity contribution in [3.8, 4) is 18.1 Å². The van der Waals surface area contributed by atoms with Gasteiger partial charge in [-0.05, 0) is 18.2 Å². The van der Waals surface area contributed by atoms with E-state index in [9.17, 15) is 9.18 Å². The molecule has 0 aromatic heterocycles. The lowest BCUT2D eigenvalue weighted by Gasteiger charge is -2.34. The molecule has 0 saturated carbocycles. The van der Waals surface area contributed by atoms with E-state index in [1.54, 1.807) is 13.2 Å². The maximum Gasteiger partial charge on any atom is 0.234 e. The van der Waals surface area contributed by atoms with Crippen molar-refractivity contribution in [1.82, 2.24) is 15.1 Å². The van der Waals surface area contributed by atoms with Crippen LogP contribution in [-0.2, 0) is 11.3 Å². The van der Waals surface area contributed by atoms with Gasteiger partial charge in [0.1, 0.15) is 11.6 Å². The summed E-state index contributed by atoms with van der Waals surface area (Å²) in [5.41, 5.74) is 0.840. The molecule has 1 aliphatic rings. The molecule has 1 amide bonds. The Kier molecular flexibility index (Phi) is 6.39. The number of terminal acetylenes is 1. The van der Waals surface area contributed by atoms with Crippen LogP contribution in [-0.4, -0.2) is 62.1 Å². The number of ether oxygens (including phenoxy) is 1. The number of nitrogens with zero attached hydrogens (tertiary/aromatic N) is 2. The first-order chi connectivity index (χ1) is 11.1. The third-order valence-corrected chi connectivity index (χ3v) is 3.86. The van der Waals surface area contributed by atoms with Gasteiger partial charge in [-0.1, -0.05) is 5.92 Å². The fraction of sp³-hybridized carbons (Fsp3) is 0.471. The minimum Gasteiger partial charge on any atom is -0.496 e. The number of nitrogens with one attached hydrogen (secondary N) is 1. The number of hydrogen-bond acceptors (Lipinski definition) is 4. The first-order valence-corrected chi connectivity index (χ1v) is 7.59. The molecule has 0 bridgehead atoms. The Morgan fingerprint density at radius 2 is 2.04 bits per heavy atom. The van der Waals surface area contributed by atoms with E-state index in [0.29, 0.717) is 18.8 Å². The third kappa shape index (κ3) is 5.23. The van der Waals surface area contributed by atoms with E-state index in [1.807, 2.05) is 0 Å². The molecule has 5 nitrogen and oxygen atoms in total. The lowest BCUT2D eigenvalue weighted by molar-refractivity contribution is -0.122. The number of methoxy groups -OCH3 is 1. The molecule has 1 fully saturated rings. The maximum absolute atomic E-state index is 13.4. The summed E-state index contributed by atoms with van der Waals surface area (Å²) in [6, 6.07) is 4.56. The molecule has 6 heteroatoms. The van der Waals surface area contributed by atoms with Gasteiger partial charge in [0.25, 0.3) is 0 Å². The molecule has 0 unspecified atom stereocenters. The lowest BCUT2D eigenvalue weighted by atomic mass is 10.1. The molecule has 1 aliphatic heterocycles. The lowest BCUT2D eigenvalue weighted by Crippen LogP contribution is -2.49. The first kappa shape index (κ1) is 17.3. The van der Waals surface area contributed by atoms with Crippen LogP contribution in [0.1, 0.15) is 5.56 Å². The van der Waals surface area contributed by atoms with E-state index in [-0.39, 0.29) is 18.3 Å². The van der Waals surface area contributed by atoms with Gasteiger partial charge in [-0.25, -0.2) is 4.39 Å². The highest BCUT2D eigenvalue weighted by Gasteiger charge is 2.20. The van der Waals surface area contributed by atoms with Crippen LogP contribution in [0, 0.1) is 18.2 Å². The van der Waals surface area contributed by atoms with Crippen LogP contribution in [0.15, 0.2) is 18.2 Å². The molecule has 2 rings (SSSR count). The molecule has 1 aromatic carbocycles. The number of amides is 1. The summed E-state index contributed by atoms with van der Waals surface area (Å²) in [6.07, 6.45) is 5.11. The van der Waals surface area contributed by atoms with Crippen LogP contribution in [0.3, 0.4) is 0 Å². The number of benzene rings is 1. The van der Waals surface area contributed by atoms with Crippen molar-refractivity contribution >= 4 is 5.91 Å². The Bertz CT molecular complexity index is 578. The summed E-state index contributed by atoms with van der Waals surface area (Å²) in [5, 5.41) is 2.66. The standard InChI is InChI=1S/C17H22FN3O2/c1-3-6-19-17(22)13-21-9-7-20(8-10-21)12-14-11-15(18)4-5-16(14)23-2/h1,4-5,11H,6-10,12-13H2,2H3,(H,19,22). The highest BCUT2D eigenvalue weighted by Crippen LogP contribution is 2.21. The van der Waals surface area contributed by atoms with Crippen LogP contribution in [0.4, 0.5) is 4.39 Å². The second-order valence-corrected chi connectivity index (χ2v) is 5.49. The van der Waals surface area contributed by atoms with Gasteiger partial charge in [-0.15, -0.1) is 6.42 Å². The molecule has 0 radical (unpaired) electrons. The van der Waals surface area contributed by atoms with Gasteiger partial charge in [0.15, 0.2) is 0 Å². The van der Waals surface area contributed by atoms with Gasteiger partial charge < -0.3 is 10.1 Å². The zero-order valence-electron chi connectivity index (χ0n) is 13.3. The first-order valence-electron chi connectivity index (χ1n) is 7.59. The second-order valence-electron chi connectivity index (χ2n) is 5.49. The smallest absolute Gasteiger partial charge is 0.234 e. The van der Waals surface area contributed by atoms with E-state index in [1.165, 1.54) is 12.1 Å². The van der Waals surface area contributed by atoms with Gasteiger partial charge in [0.05, 0.1) is 20.2 Å². The van der Waals surface area contributed by atoms with Crippen LogP contribution < -0.4 is 10.1 Å². The van der Waals surface area contributed by atoms with Crippen LogP contribution >= 0.6 is 0 Å². The molecule has 23 heavy (non-hydrogen) atoms. The average molecular weight is 319 g/mol. The van der Waals surface area contributed by atoms with Gasteiger partial charge in [-0.3, -0.25) is 14.6 Å². The Morgan fingerprint density at radius 3 is 2.70 bits per heavy atom. The maximum atomic E-state index is 13.4. The number of carbonyl (C=O) groups excluding carboxylic acids is 1. The van der Waals surface area contributed by atoms with Crippen molar-refractivity contribution < 1.29 is 13.9 Å². The largest absolute Gasteiger partial charge is 0.496 e. The van der Waals surface area contributed by atoms with Crippen molar-refractivity contribution in [2.45, 2.75) is 6.54 Å². The molecule has 1 heterocycles. The SMILES string of the molecule is C#CCNC(=O)CN1CCN(Cc2cc(F)ccc2OC)CC1. The van der Waals surface area contributed by atoms with Crippen molar-refractivity contribution in [2.24, 2.45) is 0 Å². The molecule has 0 spiro atoms. The third-order valence-electron chi connectivity index (χ3n) is 3.86. The fourth-order valence-corrected chi connectivity index (χ4v) is 2.63. The Balaban J connectivity index is 1.82. The van der Waals surface area contributed by atoms with Crippen LogP contribution in [0.5, 0.6) is 5.75 Å². The minimum absolute atomic E-state index is 0.0526. The number of piperazine rings is 1. The van der Waals surface area contributed by atoms with Crippen LogP contribution in [0.25, 0.3) is 0 Å². The molecule has 124 valence electrons. The van der Waals surface area contributed by atoms with E-state index in [2.05, 4.69) is 21.0 Å². The number of rotatable bonds is 6. The van der Waals surface area contributed by atoms with E-state index >= 15 is 0 Å². The quantitative estimate of drug-likeness (QED) is 0.784. The van der Waals surface area contributed by atoms with Crippen molar-refractivity contribution in [3.05, 3.63) is 29.6 Å². The minimum atomic E-state index is -0.260. The molecule has 1 saturated heterocycles. The summed E-state index contributed by atoms with van der Waals surface area (Å²) in [6.45, 7) is 4.49. The van der Waals surface area contributed by atoms with Gasteiger partial charge in [0.2, 0.25) is 5.91 Å². The molecule has 0 atom stereocenters. The summed E-state index contributed by atoms with van der Waals surface area (Å²) in [4.78, 5) is 16.0. The highest BCUT2D eigenvalue weighted by atomic mass is 19.1. The number of halogens is 1. The zero-order chi connectivity index (χ0) is 16.7.